The van der Waals surface area contributed by atoms with Gasteiger partial charge in [0.2, 0.25) is 11.9 Å². The summed E-state index contributed by atoms with van der Waals surface area (Å²) in [5.74, 6) is 1.07. The van der Waals surface area contributed by atoms with E-state index in [2.05, 4.69) is 15.6 Å². The van der Waals surface area contributed by atoms with Crippen LogP contribution in [0.3, 0.4) is 0 Å². The summed E-state index contributed by atoms with van der Waals surface area (Å²) in [5.41, 5.74) is 3.71. The SMILES string of the molecule is COc1cccc(CNC(=O)C(Cc2ccccc2)NC(=O)N2CCn3c2nc2ccccc23)c1. The molecule has 0 fully saturated rings. The molecule has 0 bridgehead atoms. The lowest BCUT2D eigenvalue weighted by Crippen LogP contribution is -2.52. The number of hydrogen-bond donors (Lipinski definition) is 2. The van der Waals surface area contributed by atoms with Gasteiger partial charge in [-0.1, -0.05) is 54.6 Å². The van der Waals surface area contributed by atoms with E-state index >= 15 is 0 Å². The third-order valence-corrected chi connectivity index (χ3v) is 6.17. The topological polar surface area (TPSA) is 88.5 Å². The van der Waals surface area contributed by atoms with Crippen molar-refractivity contribution in [3.05, 3.63) is 90.0 Å². The number of amides is 3. The van der Waals surface area contributed by atoms with Crippen molar-refractivity contribution in [2.24, 2.45) is 0 Å². The van der Waals surface area contributed by atoms with Crippen LogP contribution in [0.1, 0.15) is 11.1 Å². The van der Waals surface area contributed by atoms with Crippen molar-refractivity contribution >= 4 is 28.9 Å². The summed E-state index contributed by atoms with van der Waals surface area (Å²) in [6.45, 7) is 1.49. The quantitative estimate of drug-likeness (QED) is 0.434. The highest BCUT2D eigenvalue weighted by Gasteiger charge is 2.31. The second-order valence-corrected chi connectivity index (χ2v) is 8.46. The van der Waals surface area contributed by atoms with E-state index in [0.717, 1.165) is 27.9 Å². The maximum Gasteiger partial charge on any atom is 0.324 e. The molecule has 1 aromatic heterocycles. The van der Waals surface area contributed by atoms with Crippen LogP contribution in [0.25, 0.3) is 11.0 Å². The van der Waals surface area contributed by atoms with Crippen LogP contribution >= 0.6 is 0 Å². The molecular formula is C27H27N5O3. The molecule has 0 saturated heterocycles. The molecule has 178 valence electrons. The lowest BCUT2D eigenvalue weighted by atomic mass is 10.1. The first-order valence-electron chi connectivity index (χ1n) is 11.6. The van der Waals surface area contributed by atoms with Crippen LogP contribution in [-0.4, -0.2) is 41.2 Å². The largest absolute Gasteiger partial charge is 0.497 e. The van der Waals surface area contributed by atoms with Gasteiger partial charge in [-0.2, -0.15) is 0 Å². The molecule has 0 aliphatic carbocycles. The first kappa shape index (κ1) is 22.5. The van der Waals surface area contributed by atoms with Crippen LogP contribution in [0, 0.1) is 0 Å². The third kappa shape index (κ3) is 4.82. The Labute approximate surface area is 203 Å². The van der Waals surface area contributed by atoms with Crippen molar-refractivity contribution in [2.75, 3.05) is 18.6 Å². The van der Waals surface area contributed by atoms with Gasteiger partial charge in [-0.3, -0.25) is 9.69 Å². The molecule has 1 atom stereocenters. The number of benzene rings is 3. The monoisotopic (exact) mass is 469 g/mol. The van der Waals surface area contributed by atoms with Gasteiger partial charge in [-0.15, -0.1) is 0 Å². The molecule has 0 radical (unpaired) electrons. The minimum Gasteiger partial charge on any atom is -0.497 e. The Morgan fingerprint density at radius 1 is 0.971 bits per heavy atom. The molecule has 1 aliphatic rings. The molecule has 4 aromatic rings. The van der Waals surface area contributed by atoms with Crippen LogP contribution in [0.4, 0.5) is 10.7 Å². The first-order chi connectivity index (χ1) is 17.1. The second-order valence-electron chi connectivity index (χ2n) is 8.46. The van der Waals surface area contributed by atoms with Crippen molar-refractivity contribution in [2.45, 2.75) is 25.6 Å². The Balaban J connectivity index is 1.32. The predicted molar refractivity (Wildman–Crippen MR) is 134 cm³/mol. The Morgan fingerprint density at radius 3 is 2.57 bits per heavy atom. The average molecular weight is 470 g/mol. The summed E-state index contributed by atoms with van der Waals surface area (Å²) in [4.78, 5) is 32.8. The van der Waals surface area contributed by atoms with E-state index in [1.807, 2.05) is 83.4 Å². The van der Waals surface area contributed by atoms with Crippen molar-refractivity contribution in [1.29, 1.82) is 0 Å². The molecule has 8 nitrogen and oxygen atoms in total. The molecule has 1 aliphatic heterocycles. The Bertz CT molecular complexity index is 1350. The molecular weight excluding hydrogens is 442 g/mol. The number of fused-ring (bicyclic) bond motifs is 3. The average Bonchev–Trinajstić information content (AvgIpc) is 3.47. The number of urea groups is 1. The van der Waals surface area contributed by atoms with Crippen LogP contribution < -0.4 is 20.3 Å². The molecule has 3 aromatic carbocycles. The van der Waals surface area contributed by atoms with Crippen LogP contribution in [0.2, 0.25) is 0 Å². The van der Waals surface area contributed by atoms with Crippen molar-refractivity contribution in [3.63, 3.8) is 0 Å². The van der Waals surface area contributed by atoms with E-state index in [1.165, 1.54) is 0 Å². The van der Waals surface area contributed by atoms with Gasteiger partial charge < -0.3 is 19.9 Å². The molecule has 3 amide bonds. The summed E-state index contributed by atoms with van der Waals surface area (Å²) < 4.78 is 7.30. The Hall–Kier alpha value is -4.33. The fourth-order valence-electron chi connectivity index (χ4n) is 4.36. The van der Waals surface area contributed by atoms with Crippen molar-refractivity contribution in [1.82, 2.24) is 20.2 Å². The van der Waals surface area contributed by atoms with E-state index in [1.54, 1.807) is 12.0 Å². The highest BCUT2D eigenvalue weighted by atomic mass is 16.5. The van der Waals surface area contributed by atoms with Gasteiger partial charge in [0, 0.05) is 26.1 Å². The summed E-state index contributed by atoms with van der Waals surface area (Å²) in [7, 11) is 1.61. The minimum atomic E-state index is -0.742. The van der Waals surface area contributed by atoms with Crippen LogP contribution in [0.15, 0.2) is 78.9 Å². The Morgan fingerprint density at radius 2 is 1.74 bits per heavy atom. The van der Waals surface area contributed by atoms with Gasteiger partial charge in [0.15, 0.2) is 0 Å². The van der Waals surface area contributed by atoms with Gasteiger partial charge in [-0.05, 0) is 35.4 Å². The zero-order valence-corrected chi connectivity index (χ0v) is 19.5. The number of aromatic nitrogens is 2. The number of carbonyl (C=O) groups excluding carboxylic acids is 2. The summed E-state index contributed by atoms with van der Waals surface area (Å²) in [6, 6.07) is 23.9. The number of imidazole rings is 1. The smallest absolute Gasteiger partial charge is 0.324 e. The molecule has 35 heavy (non-hydrogen) atoms. The van der Waals surface area contributed by atoms with E-state index in [-0.39, 0.29) is 11.9 Å². The standard InChI is InChI=1S/C27H27N5O3/c1-35-21-11-7-10-20(16-21)18-28-25(33)23(17-19-8-3-2-4-9-19)30-27(34)32-15-14-31-24-13-6-5-12-22(24)29-26(31)32/h2-13,16,23H,14-15,17-18H2,1H3,(H,28,33)(H,30,34). The number of ether oxygens (including phenoxy) is 1. The molecule has 2 heterocycles. The van der Waals surface area contributed by atoms with E-state index in [9.17, 15) is 9.59 Å². The highest BCUT2D eigenvalue weighted by Crippen LogP contribution is 2.27. The molecule has 8 heteroatoms. The normalized spacial score (nSPS) is 13.3. The van der Waals surface area contributed by atoms with Gasteiger partial charge >= 0.3 is 6.03 Å². The van der Waals surface area contributed by atoms with Crippen molar-refractivity contribution < 1.29 is 14.3 Å². The number of para-hydroxylation sites is 2. The fraction of sp³-hybridized carbons (Fsp3) is 0.222. The van der Waals surface area contributed by atoms with Gasteiger partial charge in [0.05, 0.1) is 18.1 Å². The number of nitrogens with one attached hydrogen (secondary N) is 2. The molecule has 0 spiro atoms. The summed E-state index contributed by atoms with van der Waals surface area (Å²) >= 11 is 0. The maximum absolute atomic E-state index is 13.3. The first-order valence-corrected chi connectivity index (χ1v) is 11.6. The van der Waals surface area contributed by atoms with Crippen LogP contribution in [0.5, 0.6) is 5.75 Å². The lowest BCUT2D eigenvalue weighted by molar-refractivity contribution is -0.123. The highest BCUT2D eigenvalue weighted by molar-refractivity contribution is 5.96. The number of hydrogen-bond acceptors (Lipinski definition) is 4. The maximum atomic E-state index is 13.3. The summed E-state index contributed by atoms with van der Waals surface area (Å²) in [5, 5.41) is 5.91. The van der Waals surface area contributed by atoms with E-state index in [0.29, 0.717) is 32.0 Å². The molecule has 0 saturated carbocycles. The van der Waals surface area contributed by atoms with Crippen LogP contribution in [-0.2, 0) is 24.3 Å². The fourth-order valence-corrected chi connectivity index (χ4v) is 4.36. The number of nitrogens with zero attached hydrogens (tertiary/aromatic N) is 3. The second kappa shape index (κ2) is 9.89. The van der Waals surface area contributed by atoms with Gasteiger partial charge in [-0.25, -0.2) is 9.78 Å². The van der Waals surface area contributed by atoms with Gasteiger partial charge in [0.25, 0.3) is 0 Å². The molecule has 2 N–H and O–H groups in total. The van der Waals surface area contributed by atoms with E-state index < -0.39 is 6.04 Å². The lowest BCUT2D eigenvalue weighted by Gasteiger charge is -2.22. The zero-order valence-electron chi connectivity index (χ0n) is 19.5. The number of methoxy groups -OCH3 is 1. The van der Waals surface area contributed by atoms with Gasteiger partial charge in [0.1, 0.15) is 11.8 Å². The molecule has 1 unspecified atom stereocenters. The number of anilines is 1. The Kier molecular flexibility index (Phi) is 6.34. The number of carbonyl (C=O) groups is 2. The zero-order chi connectivity index (χ0) is 24.2. The predicted octanol–water partition coefficient (Wildman–Crippen LogP) is 3.50. The van der Waals surface area contributed by atoms with E-state index in [4.69, 9.17) is 4.74 Å². The third-order valence-electron chi connectivity index (χ3n) is 6.17. The van der Waals surface area contributed by atoms with Crippen molar-refractivity contribution in [3.8, 4) is 5.75 Å². The number of rotatable bonds is 7. The molecule has 5 rings (SSSR count). The summed E-state index contributed by atoms with van der Waals surface area (Å²) in [6.07, 6.45) is 0.376. The minimum absolute atomic E-state index is 0.252.